The first-order valence-corrected chi connectivity index (χ1v) is 5.99. The van der Waals surface area contributed by atoms with Gasteiger partial charge < -0.3 is 10.2 Å². The molecule has 0 bridgehead atoms. The van der Waals surface area contributed by atoms with E-state index < -0.39 is 0 Å². The topological polar surface area (TPSA) is 41.1 Å². The Morgan fingerprint density at radius 2 is 2.25 bits per heavy atom. The third kappa shape index (κ3) is 2.55. The summed E-state index contributed by atoms with van der Waals surface area (Å²) in [6, 6.07) is 1.89. The Morgan fingerprint density at radius 3 is 2.81 bits per heavy atom. The molecule has 1 fully saturated rings. The van der Waals surface area contributed by atoms with Crippen LogP contribution in [0.15, 0.2) is 12.3 Å². The van der Waals surface area contributed by atoms with Gasteiger partial charge in [-0.2, -0.15) is 4.98 Å². The molecular weight excluding hydrogens is 224 g/mol. The number of alkyl halides is 1. The van der Waals surface area contributed by atoms with Crippen LogP contribution >= 0.6 is 11.6 Å². The summed E-state index contributed by atoms with van der Waals surface area (Å²) in [5.41, 5.74) is 0.310. The maximum atomic E-state index is 5.92. The fraction of sp³-hybridized carbons (Fsp3) is 0.636. The molecule has 0 radical (unpaired) electrons. The molecule has 1 aromatic rings. The maximum absolute atomic E-state index is 5.92. The zero-order valence-corrected chi connectivity index (χ0v) is 10.5. The van der Waals surface area contributed by atoms with Crippen LogP contribution in [-0.2, 0) is 0 Å². The van der Waals surface area contributed by atoms with E-state index in [1.54, 1.807) is 6.20 Å². The van der Waals surface area contributed by atoms with Crippen molar-refractivity contribution >= 4 is 23.4 Å². The standard InChI is InChI=1S/C11H17ClN4/c1-16(2)10-13-6-3-9(15-10)14-8-11(7-12)4-5-11/h3,6H,4-5,7-8H2,1-2H3,(H,13,14,15). The highest BCUT2D eigenvalue weighted by Crippen LogP contribution is 2.46. The molecule has 0 spiro atoms. The minimum atomic E-state index is 0.310. The van der Waals surface area contributed by atoms with Gasteiger partial charge in [-0.3, -0.25) is 0 Å². The third-order valence-electron chi connectivity index (χ3n) is 2.93. The molecule has 1 aliphatic carbocycles. The van der Waals surface area contributed by atoms with Crippen molar-refractivity contribution < 1.29 is 0 Å². The highest BCUT2D eigenvalue weighted by molar-refractivity contribution is 6.18. The molecule has 1 aromatic heterocycles. The molecule has 1 saturated carbocycles. The zero-order valence-electron chi connectivity index (χ0n) is 9.70. The quantitative estimate of drug-likeness (QED) is 0.799. The summed E-state index contributed by atoms with van der Waals surface area (Å²) >= 11 is 5.92. The lowest BCUT2D eigenvalue weighted by Gasteiger charge is -2.15. The average molecular weight is 241 g/mol. The second kappa shape index (κ2) is 4.45. The van der Waals surface area contributed by atoms with Crippen LogP contribution in [0, 0.1) is 5.41 Å². The number of anilines is 2. The van der Waals surface area contributed by atoms with E-state index in [0.29, 0.717) is 5.41 Å². The molecule has 1 N–H and O–H groups in total. The minimum Gasteiger partial charge on any atom is -0.369 e. The second-order valence-electron chi connectivity index (χ2n) is 4.62. The summed E-state index contributed by atoms with van der Waals surface area (Å²) in [5, 5.41) is 3.33. The molecule has 4 nitrogen and oxygen atoms in total. The summed E-state index contributed by atoms with van der Waals surface area (Å²) in [6.45, 7) is 0.903. The number of nitrogens with one attached hydrogen (secondary N) is 1. The van der Waals surface area contributed by atoms with Gasteiger partial charge in [-0.25, -0.2) is 4.98 Å². The first-order chi connectivity index (χ1) is 7.65. The molecule has 0 saturated heterocycles. The summed E-state index contributed by atoms with van der Waals surface area (Å²) in [6.07, 6.45) is 4.20. The second-order valence-corrected chi connectivity index (χ2v) is 4.89. The van der Waals surface area contributed by atoms with Crippen LogP contribution in [0.1, 0.15) is 12.8 Å². The monoisotopic (exact) mass is 240 g/mol. The van der Waals surface area contributed by atoms with Gasteiger partial charge in [0.05, 0.1) is 0 Å². The van der Waals surface area contributed by atoms with E-state index in [-0.39, 0.29) is 0 Å². The van der Waals surface area contributed by atoms with E-state index in [2.05, 4.69) is 15.3 Å². The molecule has 88 valence electrons. The van der Waals surface area contributed by atoms with Gasteiger partial charge in [0.25, 0.3) is 0 Å². The number of hydrogen-bond acceptors (Lipinski definition) is 4. The summed E-state index contributed by atoms with van der Waals surface area (Å²) in [5.74, 6) is 2.32. The normalized spacial score (nSPS) is 16.9. The Labute approximate surface area is 101 Å². The molecule has 0 amide bonds. The molecule has 0 unspecified atom stereocenters. The molecule has 0 aliphatic heterocycles. The molecule has 1 heterocycles. The molecule has 5 heteroatoms. The Balaban J connectivity index is 1.96. The lowest BCUT2D eigenvalue weighted by Crippen LogP contribution is -2.19. The highest BCUT2D eigenvalue weighted by Gasteiger charge is 2.41. The molecule has 0 atom stereocenters. The van der Waals surface area contributed by atoms with E-state index in [1.807, 2.05) is 25.1 Å². The largest absolute Gasteiger partial charge is 0.369 e. The Bertz CT molecular complexity index is 363. The van der Waals surface area contributed by atoms with Gasteiger partial charge in [-0.05, 0) is 18.9 Å². The van der Waals surface area contributed by atoms with E-state index >= 15 is 0 Å². The molecule has 1 aliphatic rings. The Morgan fingerprint density at radius 1 is 1.50 bits per heavy atom. The van der Waals surface area contributed by atoms with Crippen LogP contribution in [0.25, 0.3) is 0 Å². The summed E-state index contributed by atoms with van der Waals surface area (Å²) in [7, 11) is 3.86. The van der Waals surface area contributed by atoms with Gasteiger partial charge in [0.2, 0.25) is 5.95 Å². The molecule has 0 aromatic carbocycles. The molecular formula is C11H17ClN4. The van der Waals surface area contributed by atoms with Crippen LogP contribution in [0.4, 0.5) is 11.8 Å². The number of aromatic nitrogens is 2. The maximum Gasteiger partial charge on any atom is 0.226 e. The van der Waals surface area contributed by atoms with Crippen LogP contribution in [0.5, 0.6) is 0 Å². The van der Waals surface area contributed by atoms with Crippen molar-refractivity contribution in [3.8, 4) is 0 Å². The van der Waals surface area contributed by atoms with Crippen molar-refractivity contribution in [2.45, 2.75) is 12.8 Å². The smallest absolute Gasteiger partial charge is 0.226 e. The minimum absolute atomic E-state index is 0.310. The lowest BCUT2D eigenvalue weighted by molar-refractivity contribution is 0.617. The predicted molar refractivity (Wildman–Crippen MR) is 67.2 cm³/mol. The summed E-state index contributed by atoms with van der Waals surface area (Å²) in [4.78, 5) is 10.5. The number of hydrogen-bond donors (Lipinski definition) is 1. The third-order valence-corrected chi connectivity index (χ3v) is 3.49. The van der Waals surface area contributed by atoms with Gasteiger partial charge >= 0.3 is 0 Å². The van der Waals surface area contributed by atoms with Gasteiger partial charge in [0, 0.05) is 38.1 Å². The fourth-order valence-electron chi connectivity index (χ4n) is 1.47. The fourth-order valence-corrected chi connectivity index (χ4v) is 1.84. The first kappa shape index (κ1) is 11.5. The van der Waals surface area contributed by atoms with Crippen LogP contribution < -0.4 is 10.2 Å². The Kier molecular flexibility index (Phi) is 3.19. The van der Waals surface area contributed by atoms with Crippen LogP contribution in [0.2, 0.25) is 0 Å². The van der Waals surface area contributed by atoms with Gasteiger partial charge in [-0.15, -0.1) is 11.6 Å². The molecule has 2 rings (SSSR count). The van der Waals surface area contributed by atoms with E-state index in [9.17, 15) is 0 Å². The number of rotatable bonds is 5. The first-order valence-electron chi connectivity index (χ1n) is 5.45. The van der Waals surface area contributed by atoms with Crippen molar-refractivity contribution in [2.24, 2.45) is 5.41 Å². The number of nitrogens with zero attached hydrogens (tertiary/aromatic N) is 3. The SMILES string of the molecule is CN(C)c1nccc(NCC2(CCl)CC2)n1. The van der Waals surface area contributed by atoms with Gasteiger partial charge in [0.1, 0.15) is 5.82 Å². The Hall–Kier alpha value is -1.03. The van der Waals surface area contributed by atoms with Crippen molar-refractivity contribution in [2.75, 3.05) is 36.7 Å². The van der Waals surface area contributed by atoms with E-state index in [0.717, 1.165) is 24.2 Å². The van der Waals surface area contributed by atoms with Crippen molar-refractivity contribution in [3.05, 3.63) is 12.3 Å². The molecule has 16 heavy (non-hydrogen) atoms. The zero-order chi connectivity index (χ0) is 11.6. The van der Waals surface area contributed by atoms with Crippen LogP contribution in [-0.4, -0.2) is 36.5 Å². The van der Waals surface area contributed by atoms with Crippen molar-refractivity contribution in [1.29, 1.82) is 0 Å². The van der Waals surface area contributed by atoms with Crippen LogP contribution in [0.3, 0.4) is 0 Å². The van der Waals surface area contributed by atoms with Crippen molar-refractivity contribution in [3.63, 3.8) is 0 Å². The van der Waals surface area contributed by atoms with E-state index in [4.69, 9.17) is 11.6 Å². The summed E-state index contributed by atoms with van der Waals surface area (Å²) < 4.78 is 0. The highest BCUT2D eigenvalue weighted by atomic mass is 35.5. The number of halogens is 1. The lowest BCUT2D eigenvalue weighted by atomic mass is 10.1. The predicted octanol–water partition coefficient (Wildman–Crippen LogP) is 1.97. The van der Waals surface area contributed by atoms with Crippen molar-refractivity contribution in [1.82, 2.24) is 9.97 Å². The van der Waals surface area contributed by atoms with Gasteiger partial charge in [0.15, 0.2) is 0 Å². The van der Waals surface area contributed by atoms with E-state index in [1.165, 1.54) is 12.8 Å². The van der Waals surface area contributed by atoms with Gasteiger partial charge in [-0.1, -0.05) is 0 Å². The average Bonchev–Trinajstić information content (AvgIpc) is 3.07.